The molecular weight excluding hydrogens is 238 g/mol. The molecule has 3 nitrogen and oxygen atoms in total. The number of methoxy groups -OCH3 is 1. The molecule has 0 amide bonds. The first-order valence-corrected chi connectivity index (χ1v) is 6.99. The third kappa shape index (κ3) is 4.08. The zero-order valence-corrected chi connectivity index (χ0v) is 11.6. The van der Waals surface area contributed by atoms with Gasteiger partial charge in [-0.2, -0.15) is 0 Å². The van der Waals surface area contributed by atoms with Gasteiger partial charge in [0.25, 0.3) is 0 Å². The maximum Gasteiger partial charge on any atom is 0.118 e. The number of rotatable bonds is 6. The minimum absolute atomic E-state index is 0.295. The average molecular weight is 261 g/mol. The molecule has 1 fully saturated rings. The first-order valence-electron chi connectivity index (χ1n) is 6.99. The summed E-state index contributed by atoms with van der Waals surface area (Å²) in [6.07, 6.45) is 7.72. The lowest BCUT2D eigenvalue weighted by Gasteiger charge is -2.21. The largest absolute Gasteiger partial charge is 0.497 e. The topological polar surface area (TPSA) is 32.7 Å². The molecule has 0 aliphatic carbocycles. The molecule has 2 rings (SSSR count). The number of aliphatic hydroxyl groups excluding tert-OH is 1. The molecule has 1 heterocycles. The van der Waals surface area contributed by atoms with Crippen LogP contribution in [0, 0.1) is 0 Å². The van der Waals surface area contributed by atoms with Gasteiger partial charge in [0.15, 0.2) is 0 Å². The summed E-state index contributed by atoms with van der Waals surface area (Å²) >= 11 is 0. The second kappa shape index (κ2) is 7.31. The monoisotopic (exact) mass is 261 g/mol. The van der Waals surface area contributed by atoms with Gasteiger partial charge in [-0.15, -0.1) is 0 Å². The van der Waals surface area contributed by atoms with Gasteiger partial charge >= 0.3 is 0 Å². The Kier molecular flexibility index (Phi) is 5.43. The van der Waals surface area contributed by atoms with Gasteiger partial charge in [0.2, 0.25) is 0 Å². The molecular formula is C16H23NO2. The van der Waals surface area contributed by atoms with E-state index in [1.165, 1.54) is 18.4 Å². The fourth-order valence-corrected chi connectivity index (χ4v) is 2.65. The highest BCUT2D eigenvalue weighted by Gasteiger charge is 2.22. The van der Waals surface area contributed by atoms with Crippen LogP contribution in [0.3, 0.4) is 0 Å². The predicted molar refractivity (Wildman–Crippen MR) is 78.3 cm³/mol. The molecule has 1 aliphatic rings. The summed E-state index contributed by atoms with van der Waals surface area (Å²) in [5, 5.41) is 9.04. The summed E-state index contributed by atoms with van der Waals surface area (Å²) in [5.41, 5.74) is 1.19. The standard InChI is InChI=1S/C16H23NO2/c1-19-16-8-6-14(7-9-16)4-2-11-17-12-3-5-15(17)10-13-18/h2,4,6-9,15,18H,3,5,10-13H2,1H3. The molecule has 1 atom stereocenters. The van der Waals surface area contributed by atoms with Gasteiger partial charge in [-0.3, -0.25) is 4.90 Å². The smallest absolute Gasteiger partial charge is 0.118 e. The van der Waals surface area contributed by atoms with Crippen LogP contribution in [0.1, 0.15) is 24.8 Å². The third-order valence-corrected chi connectivity index (χ3v) is 3.73. The predicted octanol–water partition coefficient (Wildman–Crippen LogP) is 2.56. The van der Waals surface area contributed by atoms with E-state index in [1.807, 2.05) is 12.1 Å². The van der Waals surface area contributed by atoms with Crippen LogP contribution in [0.2, 0.25) is 0 Å². The molecule has 1 unspecified atom stereocenters. The van der Waals surface area contributed by atoms with Crippen LogP contribution in [-0.4, -0.2) is 42.9 Å². The Bertz CT molecular complexity index is 400. The van der Waals surface area contributed by atoms with Gasteiger partial charge in [-0.05, 0) is 43.5 Å². The van der Waals surface area contributed by atoms with Crippen LogP contribution in [0.15, 0.2) is 30.3 Å². The fraction of sp³-hybridized carbons (Fsp3) is 0.500. The average Bonchev–Trinajstić information content (AvgIpc) is 2.88. The van der Waals surface area contributed by atoms with E-state index in [-0.39, 0.29) is 0 Å². The highest BCUT2D eigenvalue weighted by Crippen LogP contribution is 2.19. The van der Waals surface area contributed by atoms with Crippen LogP contribution in [0.25, 0.3) is 6.08 Å². The molecule has 0 spiro atoms. The maximum atomic E-state index is 9.04. The van der Waals surface area contributed by atoms with Crippen molar-refractivity contribution in [2.45, 2.75) is 25.3 Å². The molecule has 1 aromatic carbocycles. The van der Waals surface area contributed by atoms with E-state index in [1.54, 1.807) is 7.11 Å². The van der Waals surface area contributed by atoms with Crippen molar-refractivity contribution in [1.82, 2.24) is 4.90 Å². The summed E-state index contributed by atoms with van der Waals surface area (Å²) in [4.78, 5) is 2.45. The van der Waals surface area contributed by atoms with Crippen LogP contribution in [0.5, 0.6) is 5.75 Å². The number of ether oxygens (including phenoxy) is 1. The van der Waals surface area contributed by atoms with Crippen LogP contribution in [-0.2, 0) is 0 Å². The molecule has 0 bridgehead atoms. The Balaban J connectivity index is 1.84. The van der Waals surface area contributed by atoms with Gasteiger partial charge in [-0.1, -0.05) is 24.3 Å². The van der Waals surface area contributed by atoms with Crippen molar-refractivity contribution in [3.8, 4) is 5.75 Å². The highest BCUT2D eigenvalue weighted by molar-refractivity contribution is 5.50. The molecule has 0 saturated carbocycles. The molecule has 19 heavy (non-hydrogen) atoms. The number of nitrogens with zero attached hydrogens (tertiary/aromatic N) is 1. The van der Waals surface area contributed by atoms with E-state index in [0.29, 0.717) is 12.6 Å². The molecule has 0 aromatic heterocycles. The van der Waals surface area contributed by atoms with Gasteiger partial charge in [-0.25, -0.2) is 0 Å². The van der Waals surface area contributed by atoms with Crippen molar-refractivity contribution in [2.75, 3.05) is 26.8 Å². The second-order valence-electron chi connectivity index (χ2n) is 4.98. The quantitative estimate of drug-likeness (QED) is 0.854. The molecule has 3 heteroatoms. The first-order chi connectivity index (χ1) is 9.33. The summed E-state index contributed by atoms with van der Waals surface area (Å²) in [6.45, 7) is 2.41. The van der Waals surface area contributed by atoms with E-state index >= 15 is 0 Å². The molecule has 1 saturated heterocycles. The van der Waals surface area contributed by atoms with Crippen molar-refractivity contribution in [2.24, 2.45) is 0 Å². The molecule has 1 aromatic rings. The number of benzene rings is 1. The lowest BCUT2D eigenvalue weighted by molar-refractivity contribution is 0.208. The van der Waals surface area contributed by atoms with Gasteiger partial charge < -0.3 is 9.84 Å². The maximum absolute atomic E-state index is 9.04. The number of hydrogen-bond donors (Lipinski definition) is 1. The normalized spacial score (nSPS) is 20.2. The lowest BCUT2D eigenvalue weighted by Crippen LogP contribution is -2.30. The van der Waals surface area contributed by atoms with Crippen molar-refractivity contribution >= 4 is 6.08 Å². The van der Waals surface area contributed by atoms with Crippen LogP contribution < -0.4 is 4.74 Å². The minimum Gasteiger partial charge on any atom is -0.497 e. The second-order valence-corrected chi connectivity index (χ2v) is 4.98. The molecule has 0 radical (unpaired) electrons. The zero-order valence-electron chi connectivity index (χ0n) is 11.6. The van der Waals surface area contributed by atoms with Gasteiger partial charge in [0.1, 0.15) is 5.75 Å². The van der Waals surface area contributed by atoms with Gasteiger partial charge in [0, 0.05) is 19.2 Å². The Morgan fingerprint density at radius 1 is 1.37 bits per heavy atom. The Hall–Kier alpha value is -1.32. The number of hydrogen-bond acceptors (Lipinski definition) is 3. The molecule has 104 valence electrons. The summed E-state index contributed by atoms with van der Waals surface area (Å²) in [5.74, 6) is 0.889. The van der Waals surface area contributed by atoms with Crippen LogP contribution >= 0.6 is 0 Å². The molecule has 1 N–H and O–H groups in total. The van der Waals surface area contributed by atoms with Crippen molar-refractivity contribution in [3.05, 3.63) is 35.9 Å². The van der Waals surface area contributed by atoms with E-state index in [0.717, 1.165) is 25.3 Å². The Morgan fingerprint density at radius 3 is 2.84 bits per heavy atom. The first kappa shape index (κ1) is 14.1. The van der Waals surface area contributed by atoms with Crippen molar-refractivity contribution < 1.29 is 9.84 Å². The van der Waals surface area contributed by atoms with E-state index in [2.05, 4.69) is 29.2 Å². The number of likely N-dealkylation sites (tertiary alicyclic amines) is 1. The van der Waals surface area contributed by atoms with Crippen molar-refractivity contribution in [3.63, 3.8) is 0 Å². The fourth-order valence-electron chi connectivity index (χ4n) is 2.65. The molecule has 1 aliphatic heterocycles. The van der Waals surface area contributed by atoms with Crippen LogP contribution in [0.4, 0.5) is 0 Å². The van der Waals surface area contributed by atoms with E-state index in [4.69, 9.17) is 9.84 Å². The van der Waals surface area contributed by atoms with E-state index in [9.17, 15) is 0 Å². The van der Waals surface area contributed by atoms with Crippen molar-refractivity contribution in [1.29, 1.82) is 0 Å². The van der Waals surface area contributed by atoms with E-state index < -0.39 is 0 Å². The lowest BCUT2D eigenvalue weighted by atomic mass is 10.1. The summed E-state index contributed by atoms with van der Waals surface area (Å²) < 4.78 is 5.14. The minimum atomic E-state index is 0.295. The van der Waals surface area contributed by atoms with Gasteiger partial charge in [0.05, 0.1) is 7.11 Å². The Labute approximate surface area is 115 Å². The highest BCUT2D eigenvalue weighted by atomic mass is 16.5. The SMILES string of the molecule is COc1ccc(C=CCN2CCCC2CCO)cc1. The summed E-state index contributed by atoms with van der Waals surface area (Å²) in [7, 11) is 1.68. The zero-order chi connectivity index (χ0) is 13.5. The third-order valence-electron chi connectivity index (χ3n) is 3.73. The Morgan fingerprint density at radius 2 is 2.16 bits per heavy atom. The number of aliphatic hydroxyl groups is 1. The summed E-state index contributed by atoms with van der Waals surface area (Å²) in [6, 6.07) is 8.63.